The maximum absolute atomic E-state index is 14.0. The van der Waals surface area contributed by atoms with Crippen LogP contribution in [0.5, 0.6) is 0 Å². The molecule has 0 aliphatic rings. The van der Waals surface area contributed by atoms with Gasteiger partial charge in [-0.25, -0.2) is 8.78 Å². The molecule has 5 heteroatoms. The van der Waals surface area contributed by atoms with Gasteiger partial charge in [-0.2, -0.15) is 11.8 Å². The number of benzene rings is 1. The Morgan fingerprint density at radius 1 is 1.33 bits per heavy atom. The number of hydrogen-bond acceptors (Lipinski definition) is 2. The van der Waals surface area contributed by atoms with Crippen molar-refractivity contribution in [2.24, 2.45) is 0 Å². The fraction of sp³-hybridized carbons (Fsp3) is 0.538. The average molecular weight is 338 g/mol. The summed E-state index contributed by atoms with van der Waals surface area (Å²) in [5.74, 6) is -0.419. The van der Waals surface area contributed by atoms with Gasteiger partial charge < -0.3 is 5.32 Å². The monoisotopic (exact) mass is 337 g/mol. The Morgan fingerprint density at radius 2 is 1.94 bits per heavy atom. The Morgan fingerprint density at radius 3 is 2.44 bits per heavy atom. The third-order valence-corrected chi connectivity index (χ3v) is 4.44. The molecule has 0 aliphatic carbocycles. The van der Waals surface area contributed by atoms with Gasteiger partial charge in [0, 0.05) is 22.1 Å². The van der Waals surface area contributed by atoms with Gasteiger partial charge in [0.1, 0.15) is 11.6 Å². The highest BCUT2D eigenvalue weighted by atomic mass is 79.9. The molecule has 1 atom stereocenters. The summed E-state index contributed by atoms with van der Waals surface area (Å²) in [5.41, 5.74) is 0.101. The fourth-order valence-corrected chi connectivity index (χ4v) is 2.85. The van der Waals surface area contributed by atoms with Gasteiger partial charge in [-0.15, -0.1) is 0 Å². The van der Waals surface area contributed by atoms with Crippen molar-refractivity contribution in [3.05, 3.63) is 33.8 Å². The first-order valence-electron chi connectivity index (χ1n) is 5.71. The van der Waals surface area contributed by atoms with Crippen LogP contribution in [0.4, 0.5) is 8.78 Å². The summed E-state index contributed by atoms with van der Waals surface area (Å²) < 4.78 is 28.1. The summed E-state index contributed by atoms with van der Waals surface area (Å²) in [6.07, 6.45) is 0. The lowest BCUT2D eigenvalue weighted by atomic mass is 10.1. The highest BCUT2D eigenvalue weighted by Gasteiger charge is 2.23. The van der Waals surface area contributed by atoms with Crippen LogP contribution in [0.3, 0.4) is 0 Å². The molecule has 1 N–H and O–H groups in total. The van der Waals surface area contributed by atoms with Crippen LogP contribution in [-0.4, -0.2) is 17.5 Å². The zero-order valence-corrected chi connectivity index (χ0v) is 13.4. The number of hydrogen-bond donors (Lipinski definition) is 1. The van der Waals surface area contributed by atoms with Crippen LogP contribution >= 0.6 is 27.7 Å². The molecule has 0 heterocycles. The molecule has 0 saturated carbocycles. The normalized spacial score (nSPS) is 13.7. The van der Waals surface area contributed by atoms with Gasteiger partial charge in [-0.3, -0.25) is 0 Å². The second-order valence-electron chi connectivity index (χ2n) is 5.02. The molecule has 0 aliphatic heterocycles. The maximum Gasteiger partial charge on any atom is 0.145 e. The minimum absolute atomic E-state index is 0.0636. The van der Waals surface area contributed by atoms with Crippen LogP contribution in [0.15, 0.2) is 16.6 Å². The SMILES string of the molecule is CNC(CSC(C)(C)C)c1c(F)ccc(Br)c1F. The van der Waals surface area contributed by atoms with Crippen molar-refractivity contribution in [2.75, 3.05) is 12.8 Å². The Labute approximate surface area is 120 Å². The Hall–Kier alpha value is -0.130. The second kappa shape index (κ2) is 6.35. The first-order chi connectivity index (χ1) is 8.26. The van der Waals surface area contributed by atoms with Gasteiger partial charge in [0.2, 0.25) is 0 Å². The first kappa shape index (κ1) is 15.9. The van der Waals surface area contributed by atoms with Gasteiger partial charge in [-0.1, -0.05) is 20.8 Å². The van der Waals surface area contributed by atoms with Crippen molar-refractivity contribution in [1.82, 2.24) is 5.32 Å². The van der Waals surface area contributed by atoms with E-state index in [-0.39, 0.29) is 16.4 Å². The summed E-state index contributed by atoms with van der Waals surface area (Å²) in [5, 5.41) is 2.98. The van der Waals surface area contributed by atoms with E-state index >= 15 is 0 Å². The summed E-state index contributed by atoms with van der Waals surface area (Å²) in [6, 6.07) is 2.33. The first-order valence-corrected chi connectivity index (χ1v) is 7.48. The highest BCUT2D eigenvalue weighted by molar-refractivity contribution is 9.10. The van der Waals surface area contributed by atoms with E-state index in [0.717, 1.165) is 0 Å². The second-order valence-corrected chi connectivity index (χ2v) is 7.72. The van der Waals surface area contributed by atoms with Gasteiger partial charge in [-0.05, 0) is 35.1 Å². The number of nitrogens with one attached hydrogen (secondary N) is 1. The lowest BCUT2D eigenvalue weighted by Crippen LogP contribution is -2.24. The van der Waals surface area contributed by atoms with Crippen LogP contribution in [-0.2, 0) is 0 Å². The van der Waals surface area contributed by atoms with Crippen LogP contribution < -0.4 is 5.32 Å². The molecule has 0 radical (unpaired) electrons. The molecule has 0 aromatic heterocycles. The molecule has 0 fully saturated rings. The van der Waals surface area contributed by atoms with Crippen molar-refractivity contribution >= 4 is 27.7 Å². The molecule has 0 amide bonds. The smallest absolute Gasteiger partial charge is 0.145 e. The third kappa shape index (κ3) is 4.21. The fourth-order valence-electron chi connectivity index (χ4n) is 1.51. The van der Waals surface area contributed by atoms with Crippen molar-refractivity contribution in [1.29, 1.82) is 0 Å². The molecule has 0 bridgehead atoms. The largest absolute Gasteiger partial charge is 0.312 e. The van der Waals surface area contributed by atoms with E-state index in [1.807, 2.05) is 0 Å². The van der Waals surface area contributed by atoms with Crippen LogP contribution in [0.25, 0.3) is 0 Å². The summed E-state index contributed by atoms with van der Waals surface area (Å²) in [7, 11) is 1.72. The van der Waals surface area contributed by atoms with E-state index in [1.165, 1.54) is 12.1 Å². The van der Waals surface area contributed by atoms with Crippen molar-refractivity contribution in [3.8, 4) is 0 Å². The average Bonchev–Trinajstić information content (AvgIpc) is 2.27. The van der Waals surface area contributed by atoms with Crippen LogP contribution in [0, 0.1) is 11.6 Å². The Balaban J connectivity index is 2.99. The molecule has 1 unspecified atom stereocenters. The van der Waals surface area contributed by atoms with E-state index in [0.29, 0.717) is 10.2 Å². The van der Waals surface area contributed by atoms with Crippen molar-refractivity contribution in [3.63, 3.8) is 0 Å². The summed E-state index contributed by atoms with van der Waals surface area (Å²) in [6.45, 7) is 6.24. The molecule has 1 nitrogen and oxygen atoms in total. The summed E-state index contributed by atoms with van der Waals surface area (Å²) >= 11 is 4.77. The molecule has 1 aromatic rings. The van der Waals surface area contributed by atoms with Gasteiger partial charge >= 0.3 is 0 Å². The molecular weight excluding hydrogens is 320 g/mol. The topological polar surface area (TPSA) is 12.0 Å². The minimum Gasteiger partial charge on any atom is -0.312 e. The predicted octanol–water partition coefficient (Wildman–Crippen LogP) is 4.52. The zero-order chi connectivity index (χ0) is 13.9. The Bertz CT molecular complexity index is 418. The Kier molecular flexibility index (Phi) is 5.62. The van der Waals surface area contributed by atoms with E-state index in [2.05, 4.69) is 42.0 Å². The van der Waals surface area contributed by atoms with Crippen LogP contribution in [0.1, 0.15) is 32.4 Å². The zero-order valence-electron chi connectivity index (χ0n) is 11.0. The molecule has 1 aromatic carbocycles. The maximum atomic E-state index is 14.0. The van der Waals surface area contributed by atoms with E-state index in [9.17, 15) is 8.78 Å². The van der Waals surface area contributed by atoms with Crippen molar-refractivity contribution in [2.45, 2.75) is 31.6 Å². The minimum atomic E-state index is -0.524. The molecule has 1 rings (SSSR count). The standard InChI is InChI=1S/C13H18BrF2NS/c1-13(2,3)18-7-10(17-4)11-9(15)6-5-8(14)12(11)16/h5-6,10,17H,7H2,1-4H3. The lowest BCUT2D eigenvalue weighted by molar-refractivity contribution is 0.509. The van der Waals surface area contributed by atoms with Gasteiger partial charge in [0.05, 0.1) is 4.47 Å². The number of halogens is 3. The van der Waals surface area contributed by atoms with E-state index in [1.54, 1.807) is 18.8 Å². The molecule has 0 spiro atoms. The third-order valence-electron chi connectivity index (χ3n) is 2.46. The van der Waals surface area contributed by atoms with Crippen molar-refractivity contribution < 1.29 is 8.78 Å². The molecule has 0 saturated heterocycles. The highest BCUT2D eigenvalue weighted by Crippen LogP contribution is 2.32. The van der Waals surface area contributed by atoms with E-state index < -0.39 is 11.6 Å². The van der Waals surface area contributed by atoms with Crippen LogP contribution in [0.2, 0.25) is 0 Å². The number of thioether (sulfide) groups is 1. The molecular formula is C13H18BrF2NS. The lowest BCUT2D eigenvalue weighted by Gasteiger charge is -2.23. The quantitative estimate of drug-likeness (QED) is 0.810. The number of rotatable bonds is 4. The molecule has 18 heavy (non-hydrogen) atoms. The van der Waals surface area contributed by atoms with Gasteiger partial charge in [0.15, 0.2) is 0 Å². The predicted molar refractivity (Wildman–Crippen MR) is 78.1 cm³/mol. The molecule has 102 valence electrons. The summed E-state index contributed by atoms with van der Waals surface area (Å²) in [4.78, 5) is 0. The van der Waals surface area contributed by atoms with Gasteiger partial charge in [0.25, 0.3) is 0 Å². The van der Waals surface area contributed by atoms with E-state index in [4.69, 9.17) is 0 Å².